The Morgan fingerprint density at radius 1 is 1.19 bits per heavy atom. The SMILES string of the molecule is O=C(Nc1ncc(-c2ccccc2)s1)[C@H]1CC[C@H]1C(=O)O. The number of aliphatic carboxylic acids is 1. The van der Waals surface area contributed by atoms with E-state index in [4.69, 9.17) is 5.11 Å². The Kier molecular flexibility index (Phi) is 3.70. The fourth-order valence-electron chi connectivity index (χ4n) is 2.38. The smallest absolute Gasteiger partial charge is 0.307 e. The van der Waals surface area contributed by atoms with E-state index in [2.05, 4.69) is 10.3 Å². The lowest BCUT2D eigenvalue weighted by Crippen LogP contribution is -2.41. The molecule has 0 bridgehead atoms. The molecule has 6 heteroatoms. The van der Waals surface area contributed by atoms with E-state index in [1.165, 1.54) is 11.3 Å². The molecule has 1 fully saturated rings. The van der Waals surface area contributed by atoms with Gasteiger partial charge in [0.15, 0.2) is 5.13 Å². The fourth-order valence-corrected chi connectivity index (χ4v) is 3.20. The third-order valence-electron chi connectivity index (χ3n) is 3.72. The normalized spacial score (nSPS) is 20.6. The lowest BCUT2D eigenvalue weighted by atomic mass is 9.73. The summed E-state index contributed by atoms with van der Waals surface area (Å²) < 4.78 is 0. The summed E-state index contributed by atoms with van der Waals surface area (Å²) >= 11 is 1.39. The van der Waals surface area contributed by atoms with Crippen LogP contribution in [0.2, 0.25) is 0 Å². The Morgan fingerprint density at radius 3 is 2.52 bits per heavy atom. The fraction of sp³-hybridized carbons (Fsp3) is 0.267. The Bertz CT molecular complexity index is 669. The van der Waals surface area contributed by atoms with E-state index in [1.807, 2.05) is 30.3 Å². The van der Waals surface area contributed by atoms with Crippen molar-refractivity contribution in [3.63, 3.8) is 0 Å². The molecule has 1 saturated carbocycles. The number of carbonyl (C=O) groups is 2. The van der Waals surface area contributed by atoms with E-state index in [1.54, 1.807) is 6.20 Å². The van der Waals surface area contributed by atoms with E-state index in [0.717, 1.165) is 10.4 Å². The van der Waals surface area contributed by atoms with Gasteiger partial charge < -0.3 is 10.4 Å². The molecule has 0 radical (unpaired) electrons. The number of hydrogen-bond acceptors (Lipinski definition) is 4. The van der Waals surface area contributed by atoms with E-state index in [-0.39, 0.29) is 5.91 Å². The van der Waals surface area contributed by atoms with Crippen LogP contribution in [-0.2, 0) is 9.59 Å². The number of anilines is 1. The predicted molar refractivity (Wildman–Crippen MR) is 80.0 cm³/mol. The molecule has 1 aliphatic carbocycles. The Morgan fingerprint density at radius 2 is 1.90 bits per heavy atom. The highest BCUT2D eigenvalue weighted by atomic mass is 32.1. The standard InChI is InChI=1S/C15H14N2O3S/c18-13(10-6-7-11(10)14(19)20)17-15-16-8-12(21-15)9-4-2-1-3-5-9/h1-5,8,10-11H,6-7H2,(H,19,20)(H,16,17,18)/t10-,11+/m0/s1. The molecule has 0 aliphatic heterocycles. The first-order chi connectivity index (χ1) is 10.1. The number of hydrogen-bond donors (Lipinski definition) is 2. The Labute approximate surface area is 125 Å². The zero-order valence-corrected chi connectivity index (χ0v) is 12.0. The average Bonchev–Trinajstić information content (AvgIpc) is 2.86. The van der Waals surface area contributed by atoms with Crippen molar-refractivity contribution < 1.29 is 14.7 Å². The molecule has 1 heterocycles. The first kappa shape index (κ1) is 13.8. The number of aromatic nitrogens is 1. The van der Waals surface area contributed by atoms with Crippen LogP contribution in [0.5, 0.6) is 0 Å². The molecule has 5 nitrogen and oxygen atoms in total. The topological polar surface area (TPSA) is 79.3 Å². The van der Waals surface area contributed by atoms with Crippen molar-refractivity contribution in [1.82, 2.24) is 4.98 Å². The van der Waals surface area contributed by atoms with Gasteiger partial charge in [0.1, 0.15) is 0 Å². The molecular formula is C15H14N2O3S. The van der Waals surface area contributed by atoms with Gasteiger partial charge in [0.2, 0.25) is 5.91 Å². The third kappa shape index (κ3) is 2.80. The van der Waals surface area contributed by atoms with Crippen LogP contribution in [0.3, 0.4) is 0 Å². The molecule has 1 aliphatic rings. The van der Waals surface area contributed by atoms with Crippen molar-refractivity contribution in [1.29, 1.82) is 0 Å². The minimum Gasteiger partial charge on any atom is -0.481 e. The van der Waals surface area contributed by atoms with Gasteiger partial charge in [-0.15, -0.1) is 0 Å². The Hall–Kier alpha value is -2.21. The minimum absolute atomic E-state index is 0.248. The van der Waals surface area contributed by atoms with Gasteiger partial charge in [-0.05, 0) is 18.4 Å². The number of nitrogens with zero attached hydrogens (tertiary/aromatic N) is 1. The number of carboxylic acid groups (broad SMARTS) is 1. The first-order valence-electron chi connectivity index (χ1n) is 6.70. The van der Waals surface area contributed by atoms with E-state index < -0.39 is 17.8 Å². The largest absolute Gasteiger partial charge is 0.481 e. The van der Waals surface area contributed by atoms with Crippen LogP contribution >= 0.6 is 11.3 Å². The molecule has 1 aromatic carbocycles. The summed E-state index contributed by atoms with van der Waals surface area (Å²) in [6.45, 7) is 0. The monoisotopic (exact) mass is 302 g/mol. The summed E-state index contributed by atoms with van der Waals surface area (Å²) in [5.74, 6) is -2.14. The quantitative estimate of drug-likeness (QED) is 0.910. The highest BCUT2D eigenvalue weighted by molar-refractivity contribution is 7.19. The second kappa shape index (κ2) is 5.65. The molecule has 1 amide bonds. The van der Waals surface area contributed by atoms with Gasteiger partial charge in [-0.3, -0.25) is 9.59 Å². The molecule has 0 spiro atoms. The summed E-state index contributed by atoms with van der Waals surface area (Å²) in [6.07, 6.45) is 2.91. The molecule has 0 saturated heterocycles. The summed E-state index contributed by atoms with van der Waals surface area (Å²) in [4.78, 5) is 28.1. The van der Waals surface area contributed by atoms with Gasteiger partial charge in [-0.1, -0.05) is 41.7 Å². The van der Waals surface area contributed by atoms with Crippen molar-refractivity contribution in [2.75, 3.05) is 5.32 Å². The second-order valence-electron chi connectivity index (χ2n) is 5.01. The molecule has 1 aromatic heterocycles. The second-order valence-corrected chi connectivity index (χ2v) is 6.04. The van der Waals surface area contributed by atoms with Gasteiger partial charge in [0.05, 0.1) is 16.7 Å². The summed E-state index contributed by atoms with van der Waals surface area (Å²) in [6, 6.07) is 9.78. The zero-order valence-electron chi connectivity index (χ0n) is 11.2. The van der Waals surface area contributed by atoms with E-state index in [9.17, 15) is 9.59 Å². The van der Waals surface area contributed by atoms with Gasteiger partial charge in [0.25, 0.3) is 0 Å². The van der Waals surface area contributed by atoms with Crippen LogP contribution in [0.25, 0.3) is 10.4 Å². The van der Waals surface area contributed by atoms with Crippen LogP contribution in [0.4, 0.5) is 5.13 Å². The van der Waals surface area contributed by atoms with Gasteiger partial charge in [0, 0.05) is 6.20 Å². The summed E-state index contributed by atoms with van der Waals surface area (Å²) in [5, 5.41) is 12.2. The number of benzene rings is 1. The van der Waals surface area contributed by atoms with Crippen molar-refractivity contribution in [2.45, 2.75) is 12.8 Å². The van der Waals surface area contributed by atoms with Crippen LogP contribution in [-0.4, -0.2) is 22.0 Å². The molecule has 0 unspecified atom stereocenters. The van der Waals surface area contributed by atoms with Crippen LogP contribution < -0.4 is 5.32 Å². The maximum atomic E-state index is 12.0. The molecule has 2 aromatic rings. The minimum atomic E-state index is -0.898. The van der Waals surface area contributed by atoms with E-state index in [0.29, 0.717) is 18.0 Å². The van der Waals surface area contributed by atoms with Crippen molar-refractivity contribution in [2.24, 2.45) is 11.8 Å². The molecule has 3 rings (SSSR count). The number of amides is 1. The highest BCUT2D eigenvalue weighted by Crippen LogP contribution is 2.36. The molecular weight excluding hydrogens is 288 g/mol. The predicted octanol–water partition coefficient (Wildman–Crippen LogP) is 2.86. The summed E-state index contributed by atoms with van der Waals surface area (Å²) in [7, 11) is 0. The molecule has 2 atom stereocenters. The lowest BCUT2D eigenvalue weighted by Gasteiger charge is -2.31. The Balaban J connectivity index is 1.68. The molecule has 108 valence electrons. The number of rotatable bonds is 4. The van der Waals surface area contributed by atoms with Crippen molar-refractivity contribution in [3.8, 4) is 10.4 Å². The van der Waals surface area contributed by atoms with Crippen LogP contribution in [0, 0.1) is 11.8 Å². The van der Waals surface area contributed by atoms with Gasteiger partial charge in [-0.2, -0.15) is 0 Å². The molecule has 21 heavy (non-hydrogen) atoms. The third-order valence-corrected chi connectivity index (χ3v) is 4.68. The number of carbonyl (C=O) groups excluding carboxylic acids is 1. The van der Waals surface area contributed by atoms with Gasteiger partial charge >= 0.3 is 5.97 Å². The lowest BCUT2D eigenvalue weighted by molar-refractivity contribution is -0.151. The number of carboxylic acids is 1. The highest BCUT2D eigenvalue weighted by Gasteiger charge is 2.41. The van der Waals surface area contributed by atoms with Crippen molar-refractivity contribution in [3.05, 3.63) is 36.5 Å². The molecule has 2 N–H and O–H groups in total. The number of thiazole rings is 1. The van der Waals surface area contributed by atoms with Crippen molar-refractivity contribution >= 4 is 28.3 Å². The van der Waals surface area contributed by atoms with Gasteiger partial charge in [-0.25, -0.2) is 4.98 Å². The van der Waals surface area contributed by atoms with E-state index >= 15 is 0 Å². The average molecular weight is 302 g/mol. The zero-order chi connectivity index (χ0) is 14.8. The van der Waals surface area contributed by atoms with Crippen LogP contribution in [0.1, 0.15) is 12.8 Å². The maximum Gasteiger partial charge on any atom is 0.307 e. The maximum absolute atomic E-state index is 12.0. The summed E-state index contributed by atoms with van der Waals surface area (Å²) in [5.41, 5.74) is 1.04. The van der Waals surface area contributed by atoms with Crippen LogP contribution in [0.15, 0.2) is 36.5 Å². The number of nitrogens with one attached hydrogen (secondary N) is 1. The first-order valence-corrected chi connectivity index (χ1v) is 7.51.